The van der Waals surface area contributed by atoms with E-state index in [1.54, 1.807) is 0 Å². The Morgan fingerprint density at radius 1 is 1.14 bits per heavy atom. The molecule has 0 aliphatic carbocycles. The number of nitrogens with one attached hydrogen (secondary N) is 1. The largest absolute Gasteiger partial charge is 0.472 e. The molecule has 0 aliphatic heterocycles. The maximum Gasteiger partial charge on any atom is 0.214 e. The highest BCUT2D eigenvalue weighted by molar-refractivity contribution is 5.27. The van der Waals surface area contributed by atoms with Gasteiger partial charge < -0.3 is 14.8 Å². The number of aromatic nitrogens is 1. The highest BCUT2D eigenvalue weighted by Crippen LogP contribution is 2.20. The van der Waals surface area contributed by atoms with Crippen LogP contribution < -0.4 is 10.1 Å². The van der Waals surface area contributed by atoms with Crippen LogP contribution in [0.4, 0.5) is 0 Å². The van der Waals surface area contributed by atoms with Crippen LogP contribution in [-0.4, -0.2) is 30.3 Å². The van der Waals surface area contributed by atoms with E-state index in [4.69, 9.17) is 9.47 Å². The molecule has 0 radical (unpaired) electrons. The van der Waals surface area contributed by atoms with Gasteiger partial charge in [0.05, 0.1) is 6.61 Å². The smallest absolute Gasteiger partial charge is 0.214 e. The Kier molecular flexibility index (Phi) is 7.68. The van der Waals surface area contributed by atoms with Crippen molar-refractivity contribution in [3.8, 4) is 5.88 Å². The molecule has 1 unspecified atom stereocenters. The maximum absolute atomic E-state index is 5.89. The second-order valence-corrected chi connectivity index (χ2v) is 6.02. The molecule has 0 saturated carbocycles. The summed E-state index contributed by atoms with van der Waals surface area (Å²) in [6.07, 6.45) is 0.00534. The van der Waals surface area contributed by atoms with E-state index in [0.29, 0.717) is 31.1 Å². The summed E-state index contributed by atoms with van der Waals surface area (Å²) in [6, 6.07) is 4.63. The third-order valence-corrected chi connectivity index (χ3v) is 3.07. The topological polar surface area (TPSA) is 43.4 Å². The van der Waals surface area contributed by atoms with Crippen molar-refractivity contribution in [2.24, 2.45) is 0 Å². The van der Waals surface area contributed by atoms with Crippen LogP contribution in [0.15, 0.2) is 12.1 Å². The summed E-state index contributed by atoms with van der Waals surface area (Å²) in [5.74, 6) is 1.07. The highest BCUT2D eigenvalue weighted by Gasteiger charge is 2.10. The van der Waals surface area contributed by atoms with E-state index in [0.717, 1.165) is 12.2 Å². The van der Waals surface area contributed by atoms with Gasteiger partial charge in [-0.2, -0.15) is 0 Å². The summed E-state index contributed by atoms with van der Waals surface area (Å²) < 4.78 is 11.3. The molecule has 1 rings (SSSR count). The number of rotatable bonds is 9. The monoisotopic (exact) mass is 294 g/mol. The average molecular weight is 294 g/mol. The molecule has 4 heteroatoms. The Balaban J connectivity index is 2.81. The van der Waals surface area contributed by atoms with Crippen LogP contribution in [0.3, 0.4) is 0 Å². The van der Waals surface area contributed by atoms with Crippen molar-refractivity contribution in [2.75, 3.05) is 13.2 Å². The van der Waals surface area contributed by atoms with Crippen LogP contribution in [0.5, 0.6) is 5.88 Å². The first-order valence-corrected chi connectivity index (χ1v) is 7.91. The van der Waals surface area contributed by atoms with E-state index in [1.807, 2.05) is 19.9 Å². The summed E-state index contributed by atoms with van der Waals surface area (Å²) in [5.41, 5.74) is 2.28. The summed E-state index contributed by atoms with van der Waals surface area (Å²) >= 11 is 0. The lowest BCUT2D eigenvalue weighted by Crippen LogP contribution is -2.23. The van der Waals surface area contributed by atoms with E-state index in [-0.39, 0.29) is 6.10 Å². The van der Waals surface area contributed by atoms with Gasteiger partial charge in [-0.1, -0.05) is 27.7 Å². The predicted molar refractivity (Wildman–Crippen MR) is 86.9 cm³/mol. The quantitative estimate of drug-likeness (QED) is 0.757. The second kappa shape index (κ2) is 9.00. The lowest BCUT2D eigenvalue weighted by atomic mass is 10.1. The molecule has 1 heterocycles. The Morgan fingerprint density at radius 3 is 2.43 bits per heavy atom. The molecule has 0 saturated heterocycles. The number of nitrogens with zero attached hydrogens (tertiary/aromatic N) is 1. The molecule has 1 aromatic heterocycles. The molecule has 120 valence electrons. The fourth-order valence-corrected chi connectivity index (χ4v) is 1.89. The van der Waals surface area contributed by atoms with Crippen molar-refractivity contribution in [1.82, 2.24) is 10.3 Å². The second-order valence-electron chi connectivity index (χ2n) is 6.02. The molecular weight excluding hydrogens is 264 g/mol. The third kappa shape index (κ3) is 6.91. The van der Waals surface area contributed by atoms with Crippen molar-refractivity contribution in [2.45, 2.75) is 66.2 Å². The molecule has 0 aliphatic rings. The minimum atomic E-state index is 0.00534. The molecule has 21 heavy (non-hydrogen) atoms. The van der Waals surface area contributed by atoms with E-state index in [9.17, 15) is 0 Å². The fourth-order valence-electron chi connectivity index (χ4n) is 1.89. The van der Waals surface area contributed by atoms with Crippen LogP contribution in [-0.2, 0) is 11.3 Å². The van der Waals surface area contributed by atoms with Gasteiger partial charge in [-0.3, -0.25) is 0 Å². The molecule has 0 amide bonds. The lowest BCUT2D eigenvalue weighted by Gasteiger charge is -2.17. The summed E-state index contributed by atoms with van der Waals surface area (Å²) in [6.45, 7) is 14.7. The van der Waals surface area contributed by atoms with Gasteiger partial charge in [0, 0.05) is 31.0 Å². The van der Waals surface area contributed by atoms with Gasteiger partial charge in [-0.05, 0) is 31.4 Å². The SMILES string of the molecule is CCOCC(C)Oc1cc(CNC(C)C)cc(C(C)C)n1. The zero-order chi connectivity index (χ0) is 15.8. The highest BCUT2D eigenvalue weighted by atomic mass is 16.5. The minimum absolute atomic E-state index is 0.00534. The van der Waals surface area contributed by atoms with E-state index < -0.39 is 0 Å². The zero-order valence-electron chi connectivity index (χ0n) is 14.3. The Hall–Kier alpha value is -1.13. The van der Waals surface area contributed by atoms with E-state index in [1.165, 1.54) is 5.56 Å². The maximum atomic E-state index is 5.89. The summed E-state index contributed by atoms with van der Waals surface area (Å²) in [5, 5.41) is 3.43. The first-order chi connectivity index (χ1) is 9.92. The van der Waals surface area contributed by atoms with Gasteiger partial charge >= 0.3 is 0 Å². The Morgan fingerprint density at radius 2 is 1.86 bits per heavy atom. The van der Waals surface area contributed by atoms with Crippen molar-refractivity contribution in [3.05, 3.63) is 23.4 Å². The molecule has 1 aromatic rings. The van der Waals surface area contributed by atoms with Crippen molar-refractivity contribution in [3.63, 3.8) is 0 Å². The van der Waals surface area contributed by atoms with Gasteiger partial charge in [0.25, 0.3) is 0 Å². The van der Waals surface area contributed by atoms with Crippen LogP contribution in [0, 0.1) is 0 Å². The van der Waals surface area contributed by atoms with Crippen molar-refractivity contribution < 1.29 is 9.47 Å². The van der Waals surface area contributed by atoms with Crippen LogP contribution in [0.25, 0.3) is 0 Å². The Bertz CT molecular complexity index is 419. The molecule has 1 N–H and O–H groups in total. The van der Waals surface area contributed by atoms with Gasteiger partial charge in [-0.15, -0.1) is 0 Å². The first-order valence-electron chi connectivity index (χ1n) is 7.91. The summed E-state index contributed by atoms with van der Waals surface area (Å²) in [4.78, 5) is 4.60. The van der Waals surface area contributed by atoms with Gasteiger partial charge in [0.15, 0.2) is 0 Å². The van der Waals surface area contributed by atoms with Crippen molar-refractivity contribution in [1.29, 1.82) is 0 Å². The number of pyridine rings is 1. The van der Waals surface area contributed by atoms with Crippen molar-refractivity contribution >= 4 is 0 Å². The average Bonchev–Trinajstić information content (AvgIpc) is 2.42. The van der Waals surface area contributed by atoms with Crippen LogP contribution >= 0.6 is 0 Å². The molecule has 0 aromatic carbocycles. The van der Waals surface area contributed by atoms with Gasteiger partial charge in [0.2, 0.25) is 5.88 Å². The van der Waals surface area contributed by atoms with Crippen LogP contribution in [0.1, 0.15) is 58.7 Å². The van der Waals surface area contributed by atoms with Gasteiger partial charge in [0.1, 0.15) is 6.10 Å². The Labute approximate surface area is 129 Å². The minimum Gasteiger partial charge on any atom is -0.472 e. The zero-order valence-corrected chi connectivity index (χ0v) is 14.3. The summed E-state index contributed by atoms with van der Waals surface area (Å²) in [7, 11) is 0. The predicted octanol–water partition coefficient (Wildman–Crippen LogP) is 3.51. The van der Waals surface area contributed by atoms with E-state index in [2.05, 4.69) is 44.1 Å². The number of ether oxygens (including phenoxy) is 2. The normalized spacial score (nSPS) is 13.0. The molecular formula is C17H30N2O2. The standard InChI is InChI=1S/C17H30N2O2/c1-7-20-11-14(6)21-17-9-15(10-18-13(4)5)8-16(19-17)12(2)3/h8-9,12-14,18H,7,10-11H2,1-6H3. The lowest BCUT2D eigenvalue weighted by molar-refractivity contribution is 0.0632. The number of hydrogen-bond donors (Lipinski definition) is 1. The fraction of sp³-hybridized carbons (Fsp3) is 0.706. The molecule has 0 spiro atoms. The van der Waals surface area contributed by atoms with Crippen LogP contribution in [0.2, 0.25) is 0 Å². The molecule has 0 fully saturated rings. The number of hydrogen-bond acceptors (Lipinski definition) is 4. The molecule has 0 bridgehead atoms. The van der Waals surface area contributed by atoms with E-state index >= 15 is 0 Å². The third-order valence-electron chi connectivity index (χ3n) is 3.07. The van der Waals surface area contributed by atoms with Gasteiger partial charge in [-0.25, -0.2) is 4.98 Å². The molecule has 4 nitrogen and oxygen atoms in total. The molecule has 1 atom stereocenters. The first kappa shape index (κ1) is 17.9.